The Morgan fingerprint density at radius 3 is 2.61 bits per heavy atom. The Morgan fingerprint density at radius 2 is 2.06 bits per heavy atom. The van der Waals surface area contributed by atoms with Gasteiger partial charge in [-0.05, 0) is 31.7 Å². The quantitative estimate of drug-likeness (QED) is 0.867. The van der Waals surface area contributed by atoms with Crippen LogP contribution in [-0.2, 0) is 0 Å². The molecule has 0 bridgehead atoms. The van der Waals surface area contributed by atoms with Crippen LogP contribution < -0.4 is 4.90 Å². The topological polar surface area (TPSA) is 43.7 Å². The van der Waals surface area contributed by atoms with Gasteiger partial charge in [0.1, 0.15) is 5.82 Å². The maximum Gasteiger partial charge on any atom is 0.146 e. The summed E-state index contributed by atoms with van der Waals surface area (Å²) in [6.07, 6.45) is 1.06. The van der Waals surface area contributed by atoms with Gasteiger partial charge in [0.15, 0.2) is 0 Å². The fraction of sp³-hybridized carbons (Fsp3) is 0.571. The summed E-state index contributed by atoms with van der Waals surface area (Å²) in [6.45, 7) is 3.31. The summed E-state index contributed by atoms with van der Waals surface area (Å²) in [4.78, 5) is 1.98. The number of anilines is 1. The van der Waals surface area contributed by atoms with E-state index in [4.69, 9.17) is 5.11 Å². The Hall–Kier alpha value is -1.13. The first-order valence-corrected chi connectivity index (χ1v) is 6.45. The molecule has 2 rings (SSSR count). The van der Waals surface area contributed by atoms with Gasteiger partial charge in [0.05, 0.1) is 11.8 Å². The highest BCUT2D eigenvalue weighted by Crippen LogP contribution is 2.32. The maximum absolute atomic E-state index is 14.0. The summed E-state index contributed by atoms with van der Waals surface area (Å²) in [7, 11) is 0. The summed E-state index contributed by atoms with van der Waals surface area (Å²) in [5.41, 5.74) is 1.15. The number of para-hydroxylation sites is 1. The number of nitrogens with zero attached hydrogens (tertiary/aromatic N) is 1. The van der Waals surface area contributed by atoms with Crippen molar-refractivity contribution < 1.29 is 14.6 Å². The molecule has 18 heavy (non-hydrogen) atoms. The molecule has 0 radical (unpaired) electrons. The van der Waals surface area contributed by atoms with Gasteiger partial charge in [-0.15, -0.1) is 0 Å². The van der Waals surface area contributed by atoms with Crippen LogP contribution in [0.3, 0.4) is 0 Å². The van der Waals surface area contributed by atoms with Gasteiger partial charge < -0.3 is 15.1 Å². The molecule has 1 fully saturated rings. The first-order valence-electron chi connectivity index (χ1n) is 6.45. The molecule has 0 aliphatic carbocycles. The molecule has 1 heterocycles. The van der Waals surface area contributed by atoms with Crippen molar-refractivity contribution in [2.45, 2.75) is 25.9 Å². The van der Waals surface area contributed by atoms with E-state index in [1.54, 1.807) is 19.1 Å². The molecule has 2 N–H and O–H groups in total. The summed E-state index contributed by atoms with van der Waals surface area (Å²) in [5.74, 6) is 0.0406. The summed E-state index contributed by atoms with van der Waals surface area (Å²) in [5, 5.41) is 18.8. The van der Waals surface area contributed by atoms with Crippen LogP contribution in [0, 0.1) is 11.7 Å². The number of halogens is 1. The van der Waals surface area contributed by atoms with Crippen LogP contribution in [0.5, 0.6) is 0 Å². The second-order valence-corrected chi connectivity index (χ2v) is 4.97. The molecular weight excluding hydrogens is 233 g/mol. The number of rotatable bonds is 3. The molecule has 0 amide bonds. The Kier molecular flexibility index (Phi) is 4.19. The third kappa shape index (κ3) is 2.65. The van der Waals surface area contributed by atoms with E-state index >= 15 is 0 Å². The fourth-order valence-electron chi connectivity index (χ4n) is 2.54. The molecule has 1 atom stereocenters. The third-order valence-electron chi connectivity index (χ3n) is 3.66. The van der Waals surface area contributed by atoms with Gasteiger partial charge in [-0.25, -0.2) is 4.39 Å². The summed E-state index contributed by atoms with van der Waals surface area (Å²) < 4.78 is 14.0. The normalized spacial score (nSPS) is 19.0. The predicted octanol–water partition coefficient (Wildman–Crippen LogP) is 2.09. The van der Waals surface area contributed by atoms with Gasteiger partial charge in [-0.1, -0.05) is 12.1 Å². The van der Waals surface area contributed by atoms with E-state index < -0.39 is 6.10 Å². The highest BCUT2D eigenvalue weighted by Gasteiger charge is 2.23. The van der Waals surface area contributed by atoms with Gasteiger partial charge >= 0.3 is 0 Å². The second kappa shape index (κ2) is 5.67. The number of hydrogen-bond donors (Lipinski definition) is 2. The van der Waals surface area contributed by atoms with Gasteiger partial charge in [0.2, 0.25) is 0 Å². The molecule has 1 aromatic rings. The van der Waals surface area contributed by atoms with Crippen LogP contribution in [0.4, 0.5) is 10.1 Å². The first kappa shape index (κ1) is 13.3. The Morgan fingerprint density at radius 1 is 1.39 bits per heavy atom. The zero-order valence-electron chi connectivity index (χ0n) is 10.6. The van der Waals surface area contributed by atoms with Crippen molar-refractivity contribution in [1.82, 2.24) is 0 Å². The monoisotopic (exact) mass is 253 g/mol. The van der Waals surface area contributed by atoms with E-state index in [2.05, 4.69) is 0 Å². The molecule has 1 aliphatic rings. The lowest BCUT2D eigenvalue weighted by molar-refractivity contribution is 0.195. The maximum atomic E-state index is 14.0. The van der Waals surface area contributed by atoms with Crippen LogP contribution in [0.25, 0.3) is 0 Å². The van der Waals surface area contributed by atoms with Crippen LogP contribution >= 0.6 is 0 Å². The number of piperidine rings is 1. The number of hydrogen-bond acceptors (Lipinski definition) is 3. The van der Waals surface area contributed by atoms with Crippen molar-refractivity contribution in [1.29, 1.82) is 0 Å². The van der Waals surface area contributed by atoms with Crippen LogP contribution in [0.2, 0.25) is 0 Å². The molecule has 0 aromatic heterocycles. The fourth-order valence-corrected chi connectivity index (χ4v) is 2.54. The molecular formula is C14H20FNO2. The van der Waals surface area contributed by atoms with Crippen molar-refractivity contribution in [2.24, 2.45) is 5.92 Å². The van der Waals surface area contributed by atoms with E-state index in [1.807, 2.05) is 4.90 Å². The summed E-state index contributed by atoms with van der Waals surface area (Å²) in [6, 6.07) is 4.82. The number of benzene rings is 1. The Bertz CT molecular complexity index is 401. The molecule has 0 unspecified atom stereocenters. The highest BCUT2D eigenvalue weighted by molar-refractivity contribution is 5.56. The number of aliphatic hydroxyl groups is 2. The van der Waals surface area contributed by atoms with Gasteiger partial charge in [0.25, 0.3) is 0 Å². The first-order chi connectivity index (χ1) is 8.63. The van der Waals surface area contributed by atoms with Crippen LogP contribution in [0.15, 0.2) is 18.2 Å². The average molecular weight is 253 g/mol. The third-order valence-corrected chi connectivity index (χ3v) is 3.66. The smallest absolute Gasteiger partial charge is 0.146 e. The van der Waals surface area contributed by atoms with Crippen LogP contribution in [0.1, 0.15) is 31.4 Å². The summed E-state index contributed by atoms with van der Waals surface area (Å²) >= 11 is 0. The van der Waals surface area contributed by atoms with E-state index in [0.29, 0.717) is 17.2 Å². The molecule has 0 saturated carbocycles. The zero-order chi connectivity index (χ0) is 13.1. The Labute approximate surface area is 107 Å². The van der Waals surface area contributed by atoms with Crippen molar-refractivity contribution >= 4 is 5.69 Å². The predicted molar refractivity (Wildman–Crippen MR) is 69.1 cm³/mol. The molecule has 0 spiro atoms. The molecule has 4 heteroatoms. The van der Waals surface area contributed by atoms with E-state index in [-0.39, 0.29) is 12.4 Å². The zero-order valence-corrected chi connectivity index (χ0v) is 10.6. The van der Waals surface area contributed by atoms with E-state index in [0.717, 1.165) is 25.9 Å². The van der Waals surface area contributed by atoms with Gasteiger partial charge in [0, 0.05) is 25.3 Å². The molecule has 1 aliphatic heterocycles. The number of aliphatic hydroxyl groups excluding tert-OH is 2. The minimum absolute atomic E-state index is 0.203. The lowest BCUT2D eigenvalue weighted by atomic mass is 9.96. The SMILES string of the molecule is C[C@@H](O)c1cccc(F)c1N1CCC(CO)CC1. The van der Waals surface area contributed by atoms with Gasteiger partial charge in [-0.2, -0.15) is 0 Å². The van der Waals surface area contributed by atoms with E-state index in [1.165, 1.54) is 6.07 Å². The van der Waals surface area contributed by atoms with Crippen molar-refractivity contribution in [3.63, 3.8) is 0 Å². The lowest BCUT2D eigenvalue weighted by Gasteiger charge is -2.34. The van der Waals surface area contributed by atoms with Crippen molar-refractivity contribution in [2.75, 3.05) is 24.6 Å². The standard InChI is InChI=1S/C14H20FNO2/c1-10(18)12-3-2-4-13(15)14(12)16-7-5-11(9-17)6-8-16/h2-4,10-11,17-18H,5-9H2,1H3/t10-/m1/s1. The molecule has 100 valence electrons. The van der Waals surface area contributed by atoms with E-state index in [9.17, 15) is 9.50 Å². The van der Waals surface area contributed by atoms with Crippen molar-refractivity contribution in [3.8, 4) is 0 Å². The van der Waals surface area contributed by atoms with Crippen molar-refractivity contribution in [3.05, 3.63) is 29.6 Å². The molecule has 1 saturated heterocycles. The second-order valence-electron chi connectivity index (χ2n) is 4.97. The molecule has 3 nitrogen and oxygen atoms in total. The minimum Gasteiger partial charge on any atom is -0.396 e. The minimum atomic E-state index is -0.675. The largest absolute Gasteiger partial charge is 0.396 e. The Balaban J connectivity index is 2.23. The highest BCUT2D eigenvalue weighted by atomic mass is 19.1. The average Bonchev–Trinajstić information content (AvgIpc) is 2.38. The van der Waals surface area contributed by atoms with Crippen LogP contribution in [-0.4, -0.2) is 29.9 Å². The van der Waals surface area contributed by atoms with Gasteiger partial charge in [-0.3, -0.25) is 0 Å². The lowest BCUT2D eigenvalue weighted by Crippen LogP contribution is -2.36. The molecule has 1 aromatic carbocycles.